The van der Waals surface area contributed by atoms with Crippen molar-refractivity contribution >= 4 is 31.8 Å². The third-order valence-electron chi connectivity index (χ3n) is 5.51. The van der Waals surface area contributed by atoms with Gasteiger partial charge in [0.2, 0.25) is 20.0 Å². The summed E-state index contributed by atoms with van der Waals surface area (Å²) in [5, 5.41) is 0. The maximum Gasteiger partial charge on any atom is 0.338 e. The van der Waals surface area contributed by atoms with Crippen LogP contribution < -0.4 is 4.72 Å². The highest BCUT2D eigenvalue weighted by Gasteiger charge is 2.28. The Balaban J connectivity index is 1.34. The Hall–Kier alpha value is -2.60. The molecular formula is C22H24N2O7S2. The van der Waals surface area contributed by atoms with Gasteiger partial charge in [0.15, 0.2) is 12.4 Å². The molecule has 2 aliphatic rings. The van der Waals surface area contributed by atoms with E-state index >= 15 is 0 Å². The number of nitrogens with zero attached hydrogens (tertiary/aromatic N) is 1. The Morgan fingerprint density at radius 1 is 0.848 bits per heavy atom. The van der Waals surface area contributed by atoms with E-state index in [2.05, 4.69) is 4.72 Å². The minimum Gasteiger partial charge on any atom is -0.454 e. The number of esters is 1. The molecule has 1 aliphatic heterocycles. The van der Waals surface area contributed by atoms with Crippen molar-refractivity contribution in [3.05, 3.63) is 59.7 Å². The quantitative estimate of drug-likeness (QED) is 0.419. The highest BCUT2D eigenvalue weighted by molar-refractivity contribution is 7.89. The van der Waals surface area contributed by atoms with Gasteiger partial charge in [-0.2, -0.15) is 4.31 Å². The first kappa shape index (κ1) is 23.6. The first-order valence-electron chi connectivity index (χ1n) is 10.6. The zero-order chi connectivity index (χ0) is 23.6. The Labute approximate surface area is 192 Å². The van der Waals surface area contributed by atoms with E-state index in [-0.39, 0.29) is 27.0 Å². The number of sulfonamides is 2. The van der Waals surface area contributed by atoms with Crippen LogP contribution in [0.5, 0.6) is 0 Å². The maximum absolute atomic E-state index is 12.6. The lowest BCUT2D eigenvalue weighted by Crippen LogP contribution is -2.27. The summed E-state index contributed by atoms with van der Waals surface area (Å²) in [5.41, 5.74) is 0.330. The second-order valence-electron chi connectivity index (χ2n) is 8.05. The molecule has 9 nitrogen and oxygen atoms in total. The Morgan fingerprint density at radius 2 is 1.39 bits per heavy atom. The molecule has 0 unspecified atom stereocenters. The third-order valence-corrected chi connectivity index (χ3v) is 8.96. The van der Waals surface area contributed by atoms with E-state index < -0.39 is 38.4 Å². The molecule has 0 radical (unpaired) electrons. The molecule has 0 atom stereocenters. The predicted octanol–water partition coefficient (Wildman–Crippen LogP) is 1.95. The van der Waals surface area contributed by atoms with E-state index in [1.165, 1.54) is 52.8 Å². The molecule has 33 heavy (non-hydrogen) atoms. The van der Waals surface area contributed by atoms with Crippen LogP contribution in [0.3, 0.4) is 0 Å². The first-order valence-corrected chi connectivity index (χ1v) is 13.5. The molecule has 1 N–H and O–H groups in total. The van der Waals surface area contributed by atoms with Gasteiger partial charge in [0.1, 0.15) is 0 Å². The van der Waals surface area contributed by atoms with Crippen molar-refractivity contribution in [1.29, 1.82) is 0 Å². The monoisotopic (exact) mass is 492 g/mol. The van der Waals surface area contributed by atoms with Crippen LogP contribution in [0.1, 0.15) is 46.4 Å². The van der Waals surface area contributed by atoms with Gasteiger partial charge in [0.05, 0.1) is 15.4 Å². The Morgan fingerprint density at radius 3 is 1.97 bits per heavy atom. The number of ketones is 1. The normalized spacial score (nSPS) is 17.1. The number of hydrogen-bond acceptors (Lipinski definition) is 7. The third kappa shape index (κ3) is 5.49. The minimum absolute atomic E-state index is 0.0277. The molecule has 11 heteroatoms. The Bertz CT molecular complexity index is 1240. The van der Waals surface area contributed by atoms with E-state index in [9.17, 15) is 26.4 Å². The average Bonchev–Trinajstić information content (AvgIpc) is 3.42. The van der Waals surface area contributed by atoms with Gasteiger partial charge < -0.3 is 4.74 Å². The molecule has 1 aliphatic carbocycles. The van der Waals surface area contributed by atoms with Crippen LogP contribution in [0.4, 0.5) is 0 Å². The molecule has 1 heterocycles. The van der Waals surface area contributed by atoms with Gasteiger partial charge in [-0.3, -0.25) is 4.79 Å². The van der Waals surface area contributed by atoms with Crippen LogP contribution in [0.15, 0.2) is 58.3 Å². The molecule has 2 fully saturated rings. The number of nitrogens with one attached hydrogen (secondary N) is 1. The van der Waals surface area contributed by atoms with Crippen molar-refractivity contribution in [2.24, 2.45) is 0 Å². The second-order valence-corrected chi connectivity index (χ2v) is 11.7. The van der Waals surface area contributed by atoms with Crippen molar-refractivity contribution < 1.29 is 31.2 Å². The van der Waals surface area contributed by atoms with Gasteiger partial charge in [-0.15, -0.1) is 0 Å². The molecule has 176 valence electrons. The molecule has 0 spiro atoms. The van der Waals surface area contributed by atoms with Crippen LogP contribution in [-0.2, 0) is 24.8 Å². The van der Waals surface area contributed by atoms with Gasteiger partial charge >= 0.3 is 5.97 Å². The first-order chi connectivity index (χ1) is 15.7. The van der Waals surface area contributed by atoms with E-state index in [1.807, 2.05) is 0 Å². The molecule has 0 amide bonds. The summed E-state index contributed by atoms with van der Waals surface area (Å²) >= 11 is 0. The summed E-state index contributed by atoms with van der Waals surface area (Å²) in [6.07, 6.45) is 3.29. The minimum atomic E-state index is -3.62. The molecular weight excluding hydrogens is 468 g/mol. The molecule has 0 aromatic heterocycles. The topological polar surface area (TPSA) is 127 Å². The highest BCUT2D eigenvalue weighted by atomic mass is 32.2. The molecule has 1 saturated carbocycles. The van der Waals surface area contributed by atoms with Gasteiger partial charge in [0.25, 0.3) is 0 Å². The smallest absolute Gasteiger partial charge is 0.338 e. The van der Waals surface area contributed by atoms with Gasteiger partial charge in [-0.05, 0) is 74.2 Å². The molecule has 0 bridgehead atoms. The summed E-state index contributed by atoms with van der Waals surface area (Å²) in [6.45, 7) is 0.451. The largest absolute Gasteiger partial charge is 0.454 e. The van der Waals surface area contributed by atoms with Crippen LogP contribution in [0.25, 0.3) is 0 Å². The van der Waals surface area contributed by atoms with Crippen molar-refractivity contribution in [2.75, 3.05) is 19.7 Å². The number of Topliss-reactive ketones (excluding diaryl/α,β-unsaturated/α-hetero) is 1. The lowest BCUT2D eigenvalue weighted by molar-refractivity contribution is 0.0474. The standard InChI is InChI=1S/C22H24N2O7S2/c25-21(16-3-11-20(12-4-16)33(29,30)24-13-1-2-14-24)15-31-22(26)17-5-9-19(10-6-17)32(27,28)23-18-7-8-18/h3-6,9-12,18,23H,1-2,7-8,13-15H2. The zero-order valence-corrected chi connectivity index (χ0v) is 19.4. The summed E-state index contributed by atoms with van der Waals surface area (Å²) in [4.78, 5) is 24.8. The van der Waals surface area contributed by atoms with Crippen LogP contribution in [0, 0.1) is 0 Å². The van der Waals surface area contributed by atoms with E-state index in [0.717, 1.165) is 25.7 Å². The number of carbonyl (C=O) groups is 2. The van der Waals surface area contributed by atoms with Crippen LogP contribution in [0.2, 0.25) is 0 Å². The fraction of sp³-hybridized carbons (Fsp3) is 0.364. The van der Waals surface area contributed by atoms with Gasteiger partial charge in [-0.25, -0.2) is 26.4 Å². The zero-order valence-electron chi connectivity index (χ0n) is 17.8. The van der Waals surface area contributed by atoms with Crippen molar-refractivity contribution in [3.8, 4) is 0 Å². The highest BCUT2D eigenvalue weighted by Crippen LogP contribution is 2.23. The van der Waals surface area contributed by atoms with Crippen LogP contribution >= 0.6 is 0 Å². The average molecular weight is 493 g/mol. The predicted molar refractivity (Wildman–Crippen MR) is 119 cm³/mol. The summed E-state index contributed by atoms with van der Waals surface area (Å²) < 4.78 is 58.5. The molecule has 4 rings (SSSR count). The number of rotatable bonds is 9. The second kappa shape index (κ2) is 9.34. The number of carbonyl (C=O) groups excluding carboxylic acids is 2. The summed E-state index contributed by atoms with van der Waals surface area (Å²) in [6, 6.07) is 10.8. The van der Waals surface area contributed by atoms with Crippen molar-refractivity contribution in [2.45, 2.75) is 41.5 Å². The fourth-order valence-electron chi connectivity index (χ4n) is 3.45. The van der Waals surface area contributed by atoms with E-state index in [1.54, 1.807) is 0 Å². The number of benzene rings is 2. The Kier molecular flexibility index (Phi) is 6.66. The number of hydrogen-bond donors (Lipinski definition) is 1. The fourth-order valence-corrected chi connectivity index (χ4v) is 6.27. The SMILES string of the molecule is O=C(COC(=O)c1ccc(S(=O)(=O)NC2CC2)cc1)c1ccc(S(=O)(=O)N2CCCC2)cc1. The van der Waals surface area contributed by atoms with Crippen LogP contribution in [-0.4, -0.2) is 58.6 Å². The lowest BCUT2D eigenvalue weighted by atomic mass is 10.1. The summed E-state index contributed by atoms with van der Waals surface area (Å²) in [7, 11) is -7.19. The van der Waals surface area contributed by atoms with Crippen molar-refractivity contribution in [3.63, 3.8) is 0 Å². The van der Waals surface area contributed by atoms with Gasteiger partial charge in [0, 0.05) is 24.7 Å². The number of ether oxygens (including phenoxy) is 1. The summed E-state index contributed by atoms with van der Waals surface area (Å²) in [5.74, 6) is -1.25. The van der Waals surface area contributed by atoms with E-state index in [0.29, 0.717) is 13.1 Å². The van der Waals surface area contributed by atoms with E-state index in [4.69, 9.17) is 4.74 Å². The lowest BCUT2D eigenvalue weighted by Gasteiger charge is -2.15. The molecule has 1 saturated heterocycles. The van der Waals surface area contributed by atoms with Crippen molar-refractivity contribution in [1.82, 2.24) is 9.03 Å². The maximum atomic E-state index is 12.6. The molecule has 2 aromatic carbocycles. The van der Waals surface area contributed by atoms with Gasteiger partial charge in [-0.1, -0.05) is 0 Å². The molecule has 2 aromatic rings.